The van der Waals surface area contributed by atoms with Gasteiger partial charge in [-0.15, -0.1) is 0 Å². The largest absolute Gasteiger partial charge is 0.398 e. The second-order valence-electron chi connectivity index (χ2n) is 4.22. The third kappa shape index (κ3) is 3.69. The highest BCUT2D eigenvalue weighted by Gasteiger charge is 2.21. The lowest BCUT2D eigenvalue weighted by molar-refractivity contribution is 0.173. The molecule has 1 aromatic rings. The number of nitrogens with two attached hydrogens (primary N) is 1. The number of sulfonamides is 1. The minimum Gasteiger partial charge on any atom is -0.398 e. The van der Waals surface area contributed by atoms with Crippen LogP contribution in [0.5, 0.6) is 0 Å². The Morgan fingerprint density at radius 3 is 2.61 bits per heavy atom. The highest BCUT2D eigenvalue weighted by Crippen LogP contribution is 2.19. The fourth-order valence-corrected chi connectivity index (χ4v) is 3.05. The molecule has 102 valence electrons. The number of nitrogens with one attached hydrogen (secondary N) is 1. The number of anilines is 1. The Hall–Kier alpha value is -1.11. The van der Waals surface area contributed by atoms with Crippen LogP contribution in [0.2, 0.25) is 0 Å². The van der Waals surface area contributed by atoms with Gasteiger partial charge < -0.3 is 10.5 Å². The van der Waals surface area contributed by atoms with Crippen LogP contribution in [0.15, 0.2) is 23.1 Å². The molecule has 0 bridgehead atoms. The molecule has 1 aromatic carbocycles. The summed E-state index contributed by atoms with van der Waals surface area (Å²) in [6.07, 6.45) is 0.652. The lowest BCUT2D eigenvalue weighted by Crippen LogP contribution is -2.37. The van der Waals surface area contributed by atoms with Gasteiger partial charge in [-0.1, -0.05) is 13.0 Å². The molecule has 0 aliphatic heterocycles. The van der Waals surface area contributed by atoms with Gasteiger partial charge in [-0.2, -0.15) is 0 Å². The molecule has 1 unspecified atom stereocenters. The van der Waals surface area contributed by atoms with Crippen LogP contribution in [0, 0.1) is 6.92 Å². The minimum absolute atomic E-state index is 0.114. The number of benzene rings is 1. The molecule has 0 fully saturated rings. The van der Waals surface area contributed by atoms with Crippen molar-refractivity contribution in [1.82, 2.24) is 4.72 Å². The van der Waals surface area contributed by atoms with Crippen molar-refractivity contribution in [2.24, 2.45) is 0 Å². The van der Waals surface area contributed by atoms with Crippen LogP contribution in [0.1, 0.15) is 18.9 Å². The zero-order chi connectivity index (χ0) is 13.8. The molecule has 0 aliphatic rings. The summed E-state index contributed by atoms with van der Waals surface area (Å²) in [5.74, 6) is 0. The summed E-state index contributed by atoms with van der Waals surface area (Å²) in [5.41, 5.74) is 6.93. The average molecular weight is 272 g/mol. The fourth-order valence-electron chi connectivity index (χ4n) is 1.63. The Labute approximate surface area is 108 Å². The Morgan fingerprint density at radius 2 is 2.11 bits per heavy atom. The summed E-state index contributed by atoms with van der Waals surface area (Å²) in [6, 6.07) is 4.64. The maximum Gasteiger partial charge on any atom is 0.242 e. The molecule has 1 rings (SSSR count). The van der Waals surface area contributed by atoms with Crippen LogP contribution < -0.4 is 10.5 Å². The molecule has 0 radical (unpaired) electrons. The number of methoxy groups -OCH3 is 1. The maximum atomic E-state index is 12.2. The first kappa shape index (κ1) is 14.9. The number of nitrogen functional groups attached to an aromatic ring is 1. The van der Waals surface area contributed by atoms with E-state index in [2.05, 4.69) is 4.72 Å². The van der Waals surface area contributed by atoms with E-state index >= 15 is 0 Å². The van der Waals surface area contributed by atoms with E-state index in [1.807, 2.05) is 13.8 Å². The third-order valence-electron chi connectivity index (χ3n) is 2.64. The van der Waals surface area contributed by atoms with Crippen molar-refractivity contribution < 1.29 is 13.2 Å². The van der Waals surface area contributed by atoms with Crippen LogP contribution in [-0.2, 0) is 14.8 Å². The number of ether oxygens (including phenoxy) is 1. The first-order chi connectivity index (χ1) is 8.40. The van der Waals surface area contributed by atoms with E-state index in [1.165, 1.54) is 13.2 Å². The van der Waals surface area contributed by atoms with E-state index in [-0.39, 0.29) is 16.6 Å². The Morgan fingerprint density at radius 1 is 1.44 bits per heavy atom. The van der Waals surface area contributed by atoms with Gasteiger partial charge in [-0.25, -0.2) is 13.1 Å². The van der Waals surface area contributed by atoms with Crippen molar-refractivity contribution in [3.05, 3.63) is 23.8 Å². The average Bonchev–Trinajstić information content (AvgIpc) is 2.27. The second-order valence-corrected chi connectivity index (χ2v) is 5.91. The zero-order valence-corrected chi connectivity index (χ0v) is 11.8. The van der Waals surface area contributed by atoms with Crippen molar-refractivity contribution in [3.8, 4) is 0 Å². The van der Waals surface area contributed by atoms with Crippen molar-refractivity contribution >= 4 is 15.7 Å². The van der Waals surface area contributed by atoms with Crippen molar-refractivity contribution in [1.29, 1.82) is 0 Å². The van der Waals surface area contributed by atoms with Crippen LogP contribution >= 0.6 is 0 Å². The Bertz CT molecular complexity index is 500. The zero-order valence-electron chi connectivity index (χ0n) is 10.9. The summed E-state index contributed by atoms with van der Waals surface area (Å²) >= 11 is 0. The van der Waals surface area contributed by atoms with Gasteiger partial charge in [-0.3, -0.25) is 0 Å². The fraction of sp³-hybridized carbons (Fsp3) is 0.500. The molecule has 1 atom stereocenters. The van der Waals surface area contributed by atoms with Crippen LogP contribution in [0.3, 0.4) is 0 Å². The molecule has 0 heterocycles. The Balaban J connectivity index is 2.99. The molecule has 0 aliphatic carbocycles. The first-order valence-electron chi connectivity index (χ1n) is 5.78. The number of aryl methyl sites for hydroxylation is 1. The molecular formula is C12H20N2O3S. The number of hydrogen-bond donors (Lipinski definition) is 2. The van der Waals surface area contributed by atoms with E-state index in [9.17, 15) is 8.42 Å². The molecule has 18 heavy (non-hydrogen) atoms. The predicted molar refractivity (Wildman–Crippen MR) is 71.9 cm³/mol. The van der Waals surface area contributed by atoms with E-state index in [0.29, 0.717) is 13.0 Å². The number of hydrogen-bond acceptors (Lipinski definition) is 4. The summed E-state index contributed by atoms with van der Waals surface area (Å²) in [4.78, 5) is 0.114. The van der Waals surface area contributed by atoms with Crippen LogP contribution in [-0.4, -0.2) is 28.2 Å². The smallest absolute Gasteiger partial charge is 0.242 e. The second kappa shape index (κ2) is 6.17. The van der Waals surface area contributed by atoms with Crippen molar-refractivity contribution in [2.45, 2.75) is 31.2 Å². The van der Waals surface area contributed by atoms with Crippen LogP contribution in [0.4, 0.5) is 5.69 Å². The summed E-state index contributed by atoms with van der Waals surface area (Å²) < 4.78 is 31.9. The maximum absolute atomic E-state index is 12.2. The van der Waals surface area contributed by atoms with E-state index in [0.717, 1.165) is 5.56 Å². The molecular weight excluding hydrogens is 252 g/mol. The topological polar surface area (TPSA) is 81.4 Å². The van der Waals surface area contributed by atoms with E-state index < -0.39 is 10.0 Å². The lowest BCUT2D eigenvalue weighted by atomic mass is 10.2. The van der Waals surface area contributed by atoms with Gasteiger partial charge in [0.2, 0.25) is 10.0 Å². The quantitative estimate of drug-likeness (QED) is 0.764. The molecule has 0 spiro atoms. The minimum atomic E-state index is -3.60. The summed E-state index contributed by atoms with van der Waals surface area (Å²) in [7, 11) is -2.06. The molecule has 0 aromatic heterocycles. The summed E-state index contributed by atoms with van der Waals surface area (Å²) in [5, 5.41) is 0. The van der Waals surface area contributed by atoms with E-state index in [1.54, 1.807) is 12.1 Å². The molecule has 3 N–H and O–H groups in total. The first-order valence-corrected chi connectivity index (χ1v) is 7.26. The SMILES string of the molecule is CCC(COC)NS(=O)(=O)c1ccc(C)cc1N. The molecule has 6 heteroatoms. The highest BCUT2D eigenvalue weighted by atomic mass is 32.2. The predicted octanol–water partition coefficient (Wildman–Crippen LogP) is 1.28. The Kier molecular flexibility index (Phi) is 5.13. The van der Waals surface area contributed by atoms with Gasteiger partial charge in [0.25, 0.3) is 0 Å². The van der Waals surface area contributed by atoms with Gasteiger partial charge >= 0.3 is 0 Å². The van der Waals surface area contributed by atoms with Crippen molar-refractivity contribution in [2.75, 3.05) is 19.5 Å². The van der Waals surface area contributed by atoms with Gasteiger partial charge in [0.1, 0.15) is 4.90 Å². The third-order valence-corrected chi connectivity index (χ3v) is 4.23. The molecule has 0 saturated heterocycles. The van der Waals surface area contributed by atoms with Crippen LogP contribution in [0.25, 0.3) is 0 Å². The monoisotopic (exact) mass is 272 g/mol. The highest BCUT2D eigenvalue weighted by molar-refractivity contribution is 7.89. The molecule has 0 amide bonds. The van der Waals surface area contributed by atoms with E-state index in [4.69, 9.17) is 10.5 Å². The molecule has 5 nitrogen and oxygen atoms in total. The summed E-state index contributed by atoms with van der Waals surface area (Å²) in [6.45, 7) is 4.09. The normalized spacial score (nSPS) is 13.5. The number of rotatable bonds is 6. The van der Waals surface area contributed by atoms with Gasteiger partial charge in [0.05, 0.1) is 12.3 Å². The lowest BCUT2D eigenvalue weighted by Gasteiger charge is -2.17. The van der Waals surface area contributed by atoms with Gasteiger partial charge in [-0.05, 0) is 31.0 Å². The van der Waals surface area contributed by atoms with Crippen molar-refractivity contribution in [3.63, 3.8) is 0 Å². The molecule has 0 saturated carbocycles. The van der Waals surface area contributed by atoms with Gasteiger partial charge in [0.15, 0.2) is 0 Å². The van der Waals surface area contributed by atoms with Gasteiger partial charge in [0, 0.05) is 13.2 Å². The standard InChI is InChI=1S/C12H20N2O3S/c1-4-10(8-17-3)14-18(15,16)12-6-5-9(2)7-11(12)13/h5-7,10,14H,4,8,13H2,1-3H3.